The first-order chi connectivity index (χ1) is 17.4. The predicted molar refractivity (Wildman–Crippen MR) is 137 cm³/mol. The maximum absolute atomic E-state index is 13.8. The lowest BCUT2D eigenvalue weighted by Gasteiger charge is -2.38. The summed E-state index contributed by atoms with van der Waals surface area (Å²) in [4.78, 5) is 0. The summed E-state index contributed by atoms with van der Waals surface area (Å²) in [5, 5.41) is 3.40. The molecule has 36 heavy (non-hydrogen) atoms. The molecule has 0 bridgehead atoms. The number of unbranched alkanes of at least 4 members (excludes halogenated alkanes) is 1. The molecule has 0 atom stereocenters. The van der Waals surface area contributed by atoms with E-state index < -0.39 is 11.7 Å². The number of nitrogens with one attached hydrogen (secondary N) is 1. The Morgan fingerprint density at radius 3 is 2.39 bits per heavy atom. The molecule has 3 aromatic rings. The molecule has 0 aliphatic carbocycles. The molecule has 1 fully saturated rings. The summed E-state index contributed by atoms with van der Waals surface area (Å²) in [7, 11) is 0. The summed E-state index contributed by atoms with van der Waals surface area (Å²) in [5.41, 5.74) is 2.11. The molecular formula is C30H34F3NO2. The van der Waals surface area contributed by atoms with Crippen molar-refractivity contribution in [2.24, 2.45) is 0 Å². The average Bonchev–Trinajstić information content (AvgIpc) is 2.89. The maximum Gasteiger partial charge on any atom is 0.416 e. The largest absolute Gasteiger partial charge is 0.494 e. The van der Waals surface area contributed by atoms with Gasteiger partial charge in [0.25, 0.3) is 0 Å². The zero-order valence-electron chi connectivity index (χ0n) is 20.7. The standard InChI is InChI=1S/C30H34F3NO2/c1-2-3-16-36-28-11-7-8-24(20-28)25-17-23(18-27(19-25)30(31,32)33)21-35-22-29(12-14-34-15-13-29)26-9-5-4-6-10-26/h4-11,17-20,34H,2-3,12-16,21-22H2,1H3. The van der Waals surface area contributed by atoms with Crippen molar-refractivity contribution in [3.05, 3.63) is 89.5 Å². The molecule has 1 heterocycles. The van der Waals surface area contributed by atoms with Crippen LogP contribution in [0.3, 0.4) is 0 Å². The topological polar surface area (TPSA) is 30.5 Å². The molecule has 0 saturated carbocycles. The van der Waals surface area contributed by atoms with Gasteiger partial charge in [0.15, 0.2) is 0 Å². The van der Waals surface area contributed by atoms with Crippen LogP contribution in [0.25, 0.3) is 11.1 Å². The first kappa shape index (κ1) is 26.2. The van der Waals surface area contributed by atoms with Gasteiger partial charge >= 0.3 is 6.18 Å². The van der Waals surface area contributed by atoms with E-state index in [2.05, 4.69) is 24.4 Å². The fraction of sp³-hybridized carbons (Fsp3) is 0.400. The third-order valence-electron chi connectivity index (χ3n) is 6.85. The van der Waals surface area contributed by atoms with Crippen LogP contribution < -0.4 is 10.1 Å². The van der Waals surface area contributed by atoms with Crippen LogP contribution in [0.15, 0.2) is 72.8 Å². The summed E-state index contributed by atoms with van der Waals surface area (Å²) in [6.45, 7) is 5.03. The smallest absolute Gasteiger partial charge is 0.416 e. The number of alkyl halides is 3. The SMILES string of the molecule is CCCCOc1cccc(-c2cc(COCC3(c4ccccc4)CCNCC3)cc(C(F)(F)F)c2)c1. The highest BCUT2D eigenvalue weighted by Crippen LogP contribution is 2.36. The Morgan fingerprint density at radius 1 is 0.889 bits per heavy atom. The van der Waals surface area contributed by atoms with Crippen LogP contribution in [0, 0.1) is 0 Å². The number of hydrogen-bond acceptors (Lipinski definition) is 3. The number of ether oxygens (including phenoxy) is 2. The van der Waals surface area contributed by atoms with Gasteiger partial charge in [-0.05, 0) is 84.9 Å². The number of hydrogen-bond donors (Lipinski definition) is 1. The number of halogens is 3. The molecule has 3 aromatic carbocycles. The molecule has 4 rings (SSSR count). The second kappa shape index (κ2) is 11.9. The highest BCUT2D eigenvalue weighted by molar-refractivity contribution is 5.67. The van der Waals surface area contributed by atoms with Crippen LogP contribution in [0.4, 0.5) is 13.2 Å². The Kier molecular flexibility index (Phi) is 8.70. The first-order valence-electron chi connectivity index (χ1n) is 12.7. The van der Waals surface area contributed by atoms with Crippen LogP contribution in [-0.4, -0.2) is 26.3 Å². The lowest BCUT2D eigenvalue weighted by Crippen LogP contribution is -2.43. The fourth-order valence-electron chi connectivity index (χ4n) is 4.78. The number of piperidine rings is 1. The first-order valence-corrected chi connectivity index (χ1v) is 12.7. The van der Waals surface area contributed by atoms with Crippen molar-refractivity contribution in [1.29, 1.82) is 0 Å². The Hall–Kier alpha value is -2.83. The molecule has 0 spiro atoms. The van der Waals surface area contributed by atoms with Crippen LogP contribution >= 0.6 is 0 Å². The summed E-state index contributed by atoms with van der Waals surface area (Å²) in [6.07, 6.45) is -0.653. The Labute approximate surface area is 211 Å². The highest BCUT2D eigenvalue weighted by atomic mass is 19.4. The molecule has 1 saturated heterocycles. The third-order valence-corrected chi connectivity index (χ3v) is 6.85. The minimum absolute atomic E-state index is 0.117. The summed E-state index contributed by atoms with van der Waals surface area (Å²) < 4.78 is 53.2. The third kappa shape index (κ3) is 6.68. The number of rotatable bonds is 10. The molecule has 0 unspecified atom stereocenters. The minimum Gasteiger partial charge on any atom is -0.494 e. The molecule has 1 aliphatic rings. The lowest BCUT2D eigenvalue weighted by molar-refractivity contribution is -0.137. The molecule has 3 nitrogen and oxygen atoms in total. The van der Waals surface area contributed by atoms with Crippen molar-refractivity contribution in [3.63, 3.8) is 0 Å². The second-order valence-corrected chi connectivity index (χ2v) is 9.54. The lowest BCUT2D eigenvalue weighted by atomic mass is 9.74. The molecular weight excluding hydrogens is 463 g/mol. The average molecular weight is 498 g/mol. The zero-order chi connectivity index (χ0) is 25.4. The van der Waals surface area contributed by atoms with E-state index in [1.54, 1.807) is 12.1 Å². The highest BCUT2D eigenvalue weighted by Gasteiger charge is 2.34. The van der Waals surface area contributed by atoms with Gasteiger partial charge in [0.2, 0.25) is 0 Å². The van der Waals surface area contributed by atoms with Gasteiger partial charge < -0.3 is 14.8 Å². The molecule has 0 amide bonds. The van der Waals surface area contributed by atoms with E-state index in [9.17, 15) is 13.2 Å². The van der Waals surface area contributed by atoms with Crippen molar-refractivity contribution in [3.8, 4) is 16.9 Å². The Morgan fingerprint density at radius 2 is 1.67 bits per heavy atom. The quantitative estimate of drug-likeness (QED) is 0.296. The van der Waals surface area contributed by atoms with Gasteiger partial charge in [0, 0.05) is 5.41 Å². The van der Waals surface area contributed by atoms with E-state index in [1.165, 1.54) is 17.7 Å². The van der Waals surface area contributed by atoms with Crippen molar-refractivity contribution < 1.29 is 22.6 Å². The van der Waals surface area contributed by atoms with E-state index in [4.69, 9.17) is 9.47 Å². The van der Waals surface area contributed by atoms with Gasteiger partial charge in [0.05, 0.1) is 25.4 Å². The van der Waals surface area contributed by atoms with Gasteiger partial charge in [-0.15, -0.1) is 0 Å². The van der Waals surface area contributed by atoms with Crippen LogP contribution in [0.5, 0.6) is 5.75 Å². The van der Waals surface area contributed by atoms with E-state index in [-0.39, 0.29) is 12.0 Å². The van der Waals surface area contributed by atoms with Crippen molar-refractivity contribution >= 4 is 0 Å². The second-order valence-electron chi connectivity index (χ2n) is 9.54. The molecule has 192 valence electrons. The summed E-state index contributed by atoms with van der Waals surface area (Å²) >= 11 is 0. The zero-order valence-corrected chi connectivity index (χ0v) is 20.7. The molecule has 0 radical (unpaired) electrons. The van der Waals surface area contributed by atoms with Gasteiger partial charge in [0.1, 0.15) is 5.75 Å². The molecule has 6 heteroatoms. The van der Waals surface area contributed by atoms with E-state index in [0.717, 1.165) is 38.8 Å². The van der Waals surface area contributed by atoms with E-state index in [0.29, 0.717) is 35.7 Å². The van der Waals surface area contributed by atoms with Gasteiger partial charge in [-0.2, -0.15) is 13.2 Å². The van der Waals surface area contributed by atoms with Crippen LogP contribution in [0.1, 0.15) is 49.3 Å². The molecule has 0 aromatic heterocycles. The fourth-order valence-corrected chi connectivity index (χ4v) is 4.78. The maximum atomic E-state index is 13.8. The van der Waals surface area contributed by atoms with Crippen LogP contribution in [0.2, 0.25) is 0 Å². The Balaban J connectivity index is 1.55. The van der Waals surface area contributed by atoms with Gasteiger partial charge in [-0.25, -0.2) is 0 Å². The summed E-state index contributed by atoms with van der Waals surface area (Å²) in [5.74, 6) is 0.659. The normalized spacial score (nSPS) is 15.6. The predicted octanol–water partition coefficient (Wildman–Crippen LogP) is 7.39. The van der Waals surface area contributed by atoms with E-state index >= 15 is 0 Å². The minimum atomic E-state index is -4.44. The molecule has 1 N–H and O–H groups in total. The van der Waals surface area contributed by atoms with Crippen molar-refractivity contribution in [2.75, 3.05) is 26.3 Å². The van der Waals surface area contributed by atoms with Crippen molar-refractivity contribution in [2.45, 2.75) is 50.8 Å². The van der Waals surface area contributed by atoms with Crippen molar-refractivity contribution in [1.82, 2.24) is 5.32 Å². The van der Waals surface area contributed by atoms with Gasteiger partial charge in [-0.3, -0.25) is 0 Å². The molecule has 1 aliphatic heterocycles. The summed E-state index contributed by atoms with van der Waals surface area (Å²) in [6, 6.07) is 21.7. The number of benzene rings is 3. The van der Waals surface area contributed by atoms with Crippen LogP contribution in [-0.2, 0) is 22.9 Å². The Bertz CT molecular complexity index is 1110. The van der Waals surface area contributed by atoms with Gasteiger partial charge in [-0.1, -0.05) is 55.8 Å². The monoisotopic (exact) mass is 497 g/mol. The van der Waals surface area contributed by atoms with E-state index in [1.807, 2.05) is 36.4 Å².